The van der Waals surface area contributed by atoms with Gasteiger partial charge in [0.05, 0.1) is 0 Å². The fourth-order valence-electron chi connectivity index (χ4n) is 3.48. The fraction of sp³-hybridized carbons (Fsp3) is 0.556. The number of benzene rings is 1. The monoisotopic (exact) mass is 364 g/mol. The summed E-state index contributed by atoms with van der Waals surface area (Å²) in [5.41, 5.74) is 1.09. The van der Waals surface area contributed by atoms with Crippen LogP contribution in [0.4, 0.5) is 10.5 Å². The van der Waals surface area contributed by atoms with E-state index in [2.05, 4.69) is 10.2 Å². The van der Waals surface area contributed by atoms with E-state index in [-0.39, 0.29) is 17.9 Å². The van der Waals surface area contributed by atoms with Gasteiger partial charge < -0.3 is 20.0 Å². The first-order chi connectivity index (χ1) is 12.1. The number of amides is 3. The second-order valence-corrected chi connectivity index (χ2v) is 7.08. The number of hydrogen-bond acceptors (Lipinski definition) is 3. The molecule has 2 aliphatic rings. The Morgan fingerprint density at radius 1 is 1.28 bits per heavy atom. The quantitative estimate of drug-likeness (QED) is 0.889. The summed E-state index contributed by atoms with van der Waals surface area (Å²) >= 11 is 6.05. The van der Waals surface area contributed by atoms with Gasteiger partial charge in [0.25, 0.3) is 0 Å². The molecule has 7 heteroatoms. The number of piperazine rings is 1. The fourth-order valence-corrected chi connectivity index (χ4v) is 3.66. The average molecular weight is 365 g/mol. The van der Waals surface area contributed by atoms with E-state index in [1.165, 1.54) is 0 Å². The molecule has 0 radical (unpaired) electrons. The van der Waals surface area contributed by atoms with Gasteiger partial charge in [0.15, 0.2) is 0 Å². The first kappa shape index (κ1) is 17.9. The van der Waals surface area contributed by atoms with E-state index in [9.17, 15) is 9.59 Å². The maximum absolute atomic E-state index is 12.4. The molecular weight excluding hydrogens is 340 g/mol. The molecule has 6 nitrogen and oxygen atoms in total. The van der Waals surface area contributed by atoms with Crippen molar-refractivity contribution in [1.82, 2.24) is 15.1 Å². The van der Waals surface area contributed by atoms with Gasteiger partial charge >= 0.3 is 6.03 Å². The third kappa shape index (κ3) is 4.37. The lowest BCUT2D eigenvalue weighted by Crippen LogP contribution is -2.52. The number of nitrogens with one attached hydrogen (secondary N) is 1. The Kier molecular flexibility index (Phi) is 5.68. The molecule has 0 aromatic heterocycles. The molecule has 0 saturated carbocycles. The highest BCUT2D eigenvalue weighted by Gasteiger charge is 2.29. The molecule has 1 N–H and O–H groups in total. The van der Waals surface area contributed by atoms with Gasteiger partial charge in [-0.1, -0.05) is 17.7 Å². The van der Waals surface area contributed by atoms with E-state index in [1.807, 2.05) is 41.0 Å². The zero-order valence-electron chi connectivity index (χ0n) is 14.6. The number of nitrogens with zero attached hydrogens (tertiary/aromatic N) is 3. The highest BCUT2D eigenvalue weighted by Crippen LogP contribution is 2.21. The minimum Gasteiger partial charge on any atom is -0.368 e. The van der Waals surface area contributed by atoms with Crippen LogP contribution in [0, 0.1) is 5.92 Å². The molecular formula is C18H25ClN4O2. The first-order valence-electron chi connectivity index (χ1n) is 8.88. The van der Waals surface area contributed by atoms with Crippen LogP contribution in [0.15, 0.2) is 24.3 Å². The molecule has 136 valence electrons. The van der Waals surface area contributed by atoms with E-state index < -0.39 is 0 Å². The molecule has 25 heavy (non-hydrogen) atoms. The van der Waals surface area contributed by atoms with Crippen molar-refractivity contribution in [3.05, 3.63) is 29.3 Å². The normalized spacial score (nSPS) is 21.0. The molecule has 0 spiro atoms. The molecule has 2 saturated heterocycles. The molecule has 3 rings (SSSR count). The van der Waals surface area contributed by atoms with E-state index >= 15 is 0 Å². The second-order valence-electron chi connectivity index (χ2n) is 6.64. The molecule has 1 aromatic rings. The smallest absolute Gasteiger partial charge is 0.317 e. The lowest BCUT2D eigenvalue weighted by molar-refractivity contribution is -0.127. The Morgan fingerprint density at radius 2 is 2.04 bits per heavy atom. The zero-order valence-corrected chi connectivity index (χ0v) is 15.3. The number of likely N-dealkylation sites (tertiary alicyclic amines) is 1. The van der Waals surface area contributed by atoms with E-state index in [0.29, 0.717) is 26.1 Å². The third-order valence-electron chi connectivity index (χ3n) is 4.96. The maximum Gasteiger partial charge on any atom is 0.317 e. The summed E-state index contributed by atoms with van der Waals surface area (Å²) in [6.07, 6.45) is 0.538. The number of hydrogen-bond donors (Lipinski definition) is 1. The number of carbonyl (C=O) groups excluding carboxylic acids is 2. The lowest BCUT2D eigenvalue weighted by atomic mass is 10.1. The summed E-state index contributed by atoms with van der Waals surface area (Å²) in [6, 6.07) is 7.76. The van der Waals surface area contributed by atoms with Crippen LogP contribution in [-0.4, -0.2) is 67.6 Å². The first-order valence-corrected chi connectivity index (χ1v) is 9.25. The van der Waals surface area contributed by atoms with E-state index in [0.717, 1.165) is 36.9 Å². The predicted molar refractivity (Wildman–Crippen MR) is 99.0 cm³/mol. The molecule has 1 unspecified atom stereocenters. The topological polar surface area (TPSA) is 55.9 Å². The molecule has 1 aromatic carbocycles. The largest absolute Gasteiger partial charge is 0.368 e. The summed E-state index contributed by atoms with van der Waals surface area (Å²) < 4.78 is 0. The van der Waals surface area contributed by atoms with Crippen LogP contribution in [-0.2, 0) is 4.79 Å². The predicted octanol–water partition coefficient (Wildman–Crippen LogP) is 2.04. The summed E-state index contributed by atoms with van der Waals surface area (Å²) in [6.45, 7) is 6.99. The highest BCUT2D eigenvalue weighted by atomic mass is 35.5. The Bertz CT molecular complexity index is 631. The van der Waals surface area contributed by atoms with Crippen LogP contribution >= 0.6 is 11.6 Å². The minimum atomic E-state index is -0.0341. The van der Waals surface area contributed by atoms with Crippen molar-refractivity contribution in [2.45, 2.75) is 13.3 Å². The highest BCUT2D eigenvalue weighted by molar-refractivity contribution is 6.30. The molecule has 2 fully saturated rings. The van der Waals surface area contributed by atoms with Crippen LogP contribution in [0.2, 0.25) is 5.02 Å². The molecule has 1 atom stereocenters. The standard InChI is InChI=1S/C18H25ClN4O2/c1-2-21-13-14(10-17(21)24)12-20-18(25)23-8-6-22(7-9-23)16-5-3-4-15(19)11-16/h3-5,11,14H,2,6-10,12-13H2,1H3,(H,20,25). The van der Waals surface area contributed by atoms with Gasteiger partial charge in [0.1, 0.15) is 0 Å². The molecule has 3 amide bonds. The van der Waals surface area contributed by atoms with Crippen LogP contribution in [0.25, 0.3) is 0 Å². The van der Waals surface area contributed by atoms with Gasteiger partial charge in [0.2, 0.25) is 5.91 Å². The Labute approximate surface area is 153 Å². The summed E-state index contributed by atoms with van der Waals surface area (Å²) in [5.74, 6) is 0.418. The number of anilines is 1. The van der Waals surface area contributed by atoms with Gasteiger partial charge in [0, 0.05) is 68.9 Å². The second kappa shape index (κ2) is 7.95. The summed E-state index contributed by atoms with van der Waals surface area (Å²) in [7, 11) is 0. The summed E-state index contributed by atoms with van der Waals surface area (Å²) in [5, 5.41) is 3.72. The van der Waals surface area contributed by atoms with Gasteiger partial charge in [-0.05, 0) is 25.1 Å². The van der Waals surface area contributed by atoms with Crippen LogP contribution in [0.1, 0.15) is 13.3 Å². The van der Waals surface area contributed by atoms with E-state index in [4.69, 9.17) is 11.6 Å². The molecule has 0 bridgehead atoms. The Hall–Kier alpha value is -1.95. The van der Waals surface area contributed by atoms with Gasteiger partial charge in [-0.2, -0.15) is 0 Å². The number of halogens is 1. The number of urea groups is 1. The molecule has 0 aliphatic carbocycles. The van der Waals surface area contributed by atoms with E-state index in [1.54, 1.807) is 0 Å². The number of carbonyl (C=O) groups is 2. The average Bonchev–Trinajstić information content (AvgIpc) is 2.99. The van der Waals surface area contributed by atoms with Crippen molar-refractivity contribution >= 4 is 29.2 Å². The van der Waals surface area contributed by atoms with Crippen molar-refractivity contribution in [2.75, 3.05) is 50.7 Å². The van der Waals surface area contributed by atoms with Gasteiger partial charge in [-0.3, -0.25) is 4.79 Å². The van der Waals surface area contributed by atoms with Crippen molar-refractivity contribution in [1.29, 1.82) is 0 Å². The Morgan fingerprint density at radius 3 is 2.68 bits per heavy atom. The molecule has 2 heterocycles. The van der Waals surface area contributed by atoms with Gasteiger partial charge in [-0.25, -0.2) is 4.79 Å². The van der Waals surface area contributed by atoms with Crippen LogP contribution < -0.4 is 10.2 Å². The SMILES string of the molecule is CCN1CC(CNC(=O)N2CCN(c3cccc(Cl)c3)CC2)CC1=O. The zero-order chi connectivity index (χ0) is 17.8. The van der Waals surface area contributed by atoms with Crippen molar-refractivity contribution in [2.24, 2.45) is 5.92 Å². The van der Waals surface area contributed by atoms with Crippen LogP contribution in [0.3, 0.4) is 0 Å². The maximum atomic E-state index is 12.4. The number of rotatable bonds is 4. The third-order valence-corrected chi connectivity index (χ3v) is 5.19. The lowest BCUT2D eigenvalue weighted by Gasteiger charge is -2.36. The minimum absolute atomic E-state index is 0.0341. The Balaban J connectivity index is 1.43. The van der Waals surface area contributed by atoms with Crippen molar-refractivity contribution in [3.8, 4) is 0 Å². The van der Waals surface area contributed by atoms with Crippen molar-refractivity contribution < 1.29 is 9.59 Å². The summed E-state index contributed by atoms with van der Waals surface area (Å²) in [4.78, 5) is 30.0. The molecule has 2 aliphatic heterocycles. The van der Waals surface area contributed by atoms with Crippen LogP contribution in [0.5, 0.6) is 0 Å². The van der Waals surface area contributed by atoms with Crippen molar-refractivity contribution in [3.63, 3.8) is 0 Å². The van der Waals surface area contributed by atoms with Gasteiger partial charge in [-0.15, -0.1) is 0 Å².